The molecule has 58 valence electrons. The highest BCUT2D eigenvalue weighted by Gasteiger charge is 1.98. The van der Waals surface area contributed by atoms with Crippen molar-refractivity contribution in [3.63, 3.8) is 0 Å². The molecule has 0 aliphatic carbocycles. The highest BCUT2D eigenvalue weighted by Crippen LogP contribution is 2.08. The summed E-state index contributed by atoms with van der Waals surface area (Å²) in [4.78, 5) is 3.87. The largest absolute Gasteiger partial charge is 0.265 e. The molecule has 0 radical (unpaired) electrons. The Balaban J connectivity index is 2.46. The zero-order valence-corrected chi connectivity index (χ0v) is 6.12. The Morgan fingerprint density at radius 3 is 2.25 bits per heavy atom. The van der Waals surface area contributed by atoms with E-state index in [-0.39, 0.29) is 0 Å². The van der Waals surface area contributed by atoms with Crippen molar-refractivity contribution in [3.8, 4) is 11.4 Å². The Labute approximate surface area is 68.5 Å². The van der Waals surface area contributed by atoms with Crippen molar-refractivity contribution >= 4 is 0 Å². The standard InChI is InChI=1S/C7H5N5/c1-3-8-4-2-6(1)7-11-9-5-10-12-7/h1-5H. The number of hydrogen-bond acceptors (Lipinski definition) is 5. The lowest BCUT2D eigenvalue weighted by Gasteiger charge is -1.93. The molecule has 0 aliphatic rings. The van der Waals surface area contributed by atoms with E-state index in [0.29, 0.717) is 5.82 Å². The molecule has 5 heteroatoms. The molecule has 2 aromatic rings. The van der Waals surface area contributed by atoms with Crippen molar-refractivity contribution in [1.29, 1.82) is 0 Å². The molecule has 0 unspecified atom stereocenters. The van der Waals surface area contributed by atoms with E-state index in [4.69, 9.17) is 0 Å². The van der Waals surface area contributed by atoms with Crippen LogP contribution in [0.2, 0.25) is 0 Å². The van der Waals surface area contributed by atoms with Crippen LogP contribution < -0.4 is 0 Å². The fourth-order valence-electron chi connectivity index (χ4n) is 0.821. The Bertz CT molecular complexity index is 309. The van der Waals surface area contributed by atoms with Crippen molar-refractivity contribution in [1.82, 2.24) is 25.4 Å². The first kappa shape index (κ1) is 6.78. The normalized spacial score (nSPS) is 9.67. The third kappa shape index (κ3) is 1.24. The maximum atomic E-state index is 3.87. The molecular weight excluding hydrogens is 154 g/mol. The minimum atomic E-state index is 0.514. The minimum absolute atomic E-state index is 0.514. The second-order valence-corrected chi connectivity index (χ2v) is 2.11. The number of nitrogens with zero attached hydrogens (tertiary/aromatic N) is 5. The average Bonchev–Trinajstić information content (AvgIpc) is 2.21. The predicted molar refractivity (Wildman–Crippen MR) is 40.9 cm³/mol. The zero-order chi connectivity index (χ0) is 8.23. The van der Waals surface area contributed by atoms with E-state index in [9.17, 15) is 0 Å². The predicted octanol–water partition coefficient (Wildman–Crippen LogP) is 0.329. The Morgan fingerprint density at radius 2 is 1.58 bits per heavy atom. The van der Waals surface area contributed by atoms with Gasteiger partial charge in [-0.2, -0.15) is 0 Å². The fraction of sp³-hybridized carbons (Fsp3) is 0. The second-order valence-electron chi connectivity index (χ2n) is 2.11. The van der Waals surface area contributed by atoms with Crippen LogP contribution in [0.1, 0.15) is 0 Å². The summed E-state index contributed by atoms with van der Waals surface area (Å²) in [6, 6.07) is 3.61. The van der Waals surface area contributed by atoms with Gasteiger partial charge in [0.2, 0.25) is 5.82 Å². The van der Waals surface area contributed by atoms with Gasteiger partial charge in [0.15, 0.2) is 6.33 Å². The molecule has 0 atom stereocenters. The summed E-state index contributed by atoms with van der Waals surface area (Å²) >= 11 is 0. The van der Waals surface area contributed by atoms with Gasteiger partial charge in [-0.05, 0) is 12.1 Å². The molecule has 0 aliphatic heterocycles. The first-order valence-corrected chi connectivity index (χ1v) is 3.37. The highest BCUT2D eigenvalue weighted by atomic mass is 15.3. The molecule has 0 fully saturated rings. The lowest BCUT2D eigenvalue weighted by atomic mass is 10.3. The van der Waals surface area contributed by atoms with Gasteiger partial charge in [-0.15, -0.1) is 20.4 Å². The topological polar surface area (TPSA) is 64.5 Å². The quantitative estimate of drug-likeness (QED) is 0.599. The van der Waals surface area contributed by atoms with Crippen LogP contribution in [0.25, 0.3) is 11.4 Å². The molecule has 5 nitrogen and oxygen atoms in total. The van der Waals surface area contributed by atoms with Gasteiger partial charge in [0.05, 0.1) is 0 Å². The molecule has 2 heterocycles. The smallest absolute Gasteiger partial charge is 0.203 e. The van der Waals surface area contributed by atoms with Gasteiger partial charge in [0, 0.05) is 18.0 Å². The van der Waals surface area contributed by atoms with E-state index >= 15 is 0 Å². The molecule has 12 heavy (non-hydrogen) atoms. The van der Waals surface area contributed by atoms with Gasteiger partial charge in [-0.3, -0.25) is 4.98 Å². The minimum Gasteiger partial charge on any atom is -0.265 e. The van der Waals surface area contributed by atoms with E-state index in [1.165, 1.54) is 6.33 Å². The van der Waals surface area contributed by atoms with Crippen LogP contribution in [0.5, 0.6) is 0 Å². The summed E-state index contributed by atoms with van der Waals surface area (Å²) in [5.41, 5.74) is 0.866. The van der Waals surface area contributed by atoms with Crippen LogP contribution >= 0.6 is 0 Å². The summed E-state index contributed by atoms with van der Waals surface area (Å²) in [6.45, 7) is 0. The van der Waals surface area contributed by atoms with Gasteiger partial charge in [-0.25, -0.2) is 0 Å². The van der Waals surface area contributed by atoms with Gasteiger partial charge in [-0.1, -0.05) is 0 Å². The maximum Gasteiger partial charge on any atom is 0.203 e. The van der Waals surface area contributed by atoms with Crippen molar-refractivity contribution < 1.29 is 0 Å². The molecule has 2 aromatic heterocycles. The molecular formula is C7H5N5. The molecule has 0 saturated carbocycles. The van der Waals surface area contributed by atoms with E-state index < -0.39 is 0 Å². The van der Waals surface area contributed by atoms with E-state index in [1.54, 1.807) is 24.5 Å². The molecule has 0 spiro atoms. The average molecular weight is 159 g/mol. The third-order valence-electron chi connectivity index (χ3n) is 1.35. The van der Waals surface area contributed by atoms with Crippen molar-refractivity contribution in [2.24, 2.45) is 0 Å². The maximum absolute atomic E-state index is 3.87. The fourth-order valence-corrected chi connectivity index (χ4v) is 0.821. The van der Waals surface area contributed by atoms with Crippen molar-refractivity contribution in [2.75, 3.05) is 0 Å². The lowest BCUT2D eigenvalue weighted by molar-refractivity contribution is 0.864. The molecule has 0 saturated heterocycles. The highest BCUT2D eigenvalue weighted by molar-refractivity contribution is 5.51. The van der Waals surface area contributed by atoms with Gasteiger partial charge < -0.3 is 0 Å². The van der Waals surface area contributed by atoms with Gasteiger partial charge >= 0.3 is 0 Å². The Kier molecular flexibility index (Phi) is 1.69. The number of aromatic nitrogens is 5. The van der Waals surface area contributed by atoms with E-state index in [1.807, 2.05) is 0 Å². The van der Waals surface area contributed by atoms with Crippen molar-refractivity contribution in [3.05, 3.63) is 30.9 Å². The monoisotopic (exact) mass is 159 g/mol. The van der Waals surface area contributed by atoms with E-state index in [0.717, 1.165) is 5.56 Å². The Morgan fingerprint density at radius 1 is 0.917 bits per heavy atom. The second kappa shape index (κ2) is 3.00. The SMILES string of the molecule is c1cc(-c2nncnn2)ccn1. The summed E-state index contributed by atoms with van der Waals surface area (Å²) < 4.78 is 0. The van der Waals surface area contributed by atoms with Crippen LogP contribution in [-0.2, 0) is 0 Å². The molecule has 0 N–H and O–H groups in total. The molecule has 2 rings (SSSR count). The molecule has 0 bridgehead atoms. The van der Waals surface area contributed by atoms with Crippen LogP contribution in [0.4, 0.5) is 0 Å². The van der Waals surface area contributed by atoms with Crippen LogP contribution in [0.15, 0.2) is 30.9 Å². The number of rotatable bonds is 1. The summed E-state index contributed by atoms with van der Waals surface area (Å²) in [5.74, 6) is 0.514. The summed E-state index contributed by atoms with van der Waals surface area (Å²) in [5, 5.41) is 14.8. The first-order valence-electron chi connectivity index (χ1n) is 3.37. The summed E-state index contributed by atoms with van der Waals surface area (Å²) in [6.07, 6.45) is 4.64. The van der Waals surface area contributed by atoms with Crippen LogP contribution in [0, 0.1) is 0 Å². The van der Waals surface area contributed by atoms with Crippen molar-refractivity contribution in [2.45, 2.75) is 0 Å². The van der Waals surface area contributed by atoms with Gasteiger partial charge in [0.1, 0.15) is 0 Å². The lowest BCUT2D eigenvalue weighted by Crippen LogP contribution is -1.93. The molecule has 0 aromatic carbocycles. The number of hydrogen-bond donors (Lipinski definition) is 0. The Hall–Kier alpha value is -1.91. The molecule has 0 amide bonds. The van der Waals surface area contributed by atoms with E-state index in [2.05, 4.69) is 25.4 Å². The van der Waals surface area contributed by atoms with Gasteiger partial charge in [0.25, 0.3) is 0 Å². The van der Waals surface area contributed by atoms with Crippen LogP contribution in [-0.4, -0.2) is 25.4 Å². The summed E-state index contributed by atoms with van der Waals surface area (Å²) in [7, 11) is 0. The number of pyridine rings is 1. The first-order chi connectivity index (χ1) is 5.97. The van der Waals surface area contributed by atoms with Crippen LogP contribution in [0.3, 0.4) is 0 Å². The third-order valence-corrected chi connectivity index (χ3v) is 1.35. The zero-order valence-electron chi connectivity index (χ0n) is 6.12.